The van der Waals surface area contributed by atoms with Crippen LogP contribution in [-0.4, -0.2) is 31.3 Å². The lowest BCUT2D eigenvalue weighted by molar-refractivity contribution is 0.395. The van der Waals surface area contributed by atoms with Gasteiger partial charge in [-0.3, -0.25) is 0 Å². The summed E-state index contributed by atoms with van der Waals surface area (Å²) in [6, 6.07) is 11.6. The van der Waals surface area contributed by atoms with Crippen molar-refractivity contribution >= 4 is 52.1 Å². The van der Waals surface area contributed by atoms with Gasteiger partial charge >= 0.3 is 0 Å². The Morgan fingerprint density at radius 3 is 0.357 bits per heavy atom. The second-order valence-corrected chi connectivity index (χ2v) is 64.4. The smallest absolute Gasteiger partial charge is 0.0594 e. The Hall–Kier alpha value is -2.25. The lowest BCUT2D eigenvalue weighted by atomic mass is 9.80. The van der Waals surface area contributed by atoms with E-state index in [0.717, 1.165) is 0 Å². The predicted molar refractivity (Wildman–Crippen MR) is 373 cm³/mol. The van der Waals surface area contributed by atoms with Crippen molar-refractivity contribution in [1.29, 1.82) is 0 Å². The van der Waals surface area contributed by atoms with Gasteiger partial charge in [-0.2, -0.15) is 0 Å². The molecule has 9 aliphatic rings. The quantitative estimate of drug-likeness (QED) is 0.179. The summed E-state index contributed by atoms with van der Waals surface area (Å²) < 4.78 is 0. The molecule has 0 atom stereocenters. The van der Waals surface area contributed by atoms with E-state index in [0.29, 0.717) is 0 Å². The molecule has 0 unspecified atom stereocenters. The largest absolute Gasteiger partial charge is 0.0720 e. The first-order valence-corrected chi connectivity index (χ1v) is 44.0. The topological polar surface area (TPSA) is 0 Å². The second kappa shape index (κ2) is 16.3. The monoisotopic (exact) mass is 1190 g/mol. The van der Waals surface area contributed by atoms with Gasteiger partial charge in [0.25, 0.3) is 0 Å². The lowest BCUT2D eigenvalue weighted by Crippen LogP contribution is -2.93. The summed E-state index contributed by atoms with van der Waals surface area (Å²) in [7, 11) is -5.74. The normalized spacial score (nSPS) is 29.0. The summed E-state index contributed by atoms with van der Waals surface area (Å²) in [6.07, 6.45) is 9.83. The average Bonchev–Trinajstić information content (AvgIpc) is 1.30. The Labute approximate surface area is 521 Å². The fourth-order valence-corrected chi connectivity index (χ4v) is 82.4. The van der Waals surface area contributed by atoms with Crippen LogP contribution in [0.3, 0.4) is 0 Å². The molecule has 1 saturated heterocycles. The summed E-state index contributed by atoms with van der Waals surface area (Å²) in [5.74, 6) is 0. The molecule has 452 valence electrons. The van der Waals surface area contributed by atoms with Crippen LogP contribution in [0.2, 0.25) is 0 Å². The van der Waals surface area contributed by atoms with Crippen LogP contribution in [0, 0.1) is 0 Å². The van der Waals surface area contributed by atoms with E-state index in [4.69, 9.17) is 0 Å². The van der Waals surface area contributed by atoms with Crippen molar-refractivity contribution in [3.8, 4) is 0 Å². The molecule has 84 heavy (non-hydrogen) atoms. The van der Waals surface area contributed by atoms with E-state index in [1.807, 2.05) is 65.3 Å². The second-order valence-electron chi connectivity index (χ2n) is 41.4. The highest BCUT2D eigenvalue weighted by molar-refractivity contribution is 8.03. The van der Waals surface area contributed by atoms with E-state index in [1.54, 1.807) is 44.5 Å². The molecule has 4 aromatic rings. The molecule has 0 aromatic heterocycles. The summed E-state index contributed by atoms with van der Waals surface area (Å²) in [5, 5.41) is 8.19. The maximum atomic E-state index is 2.90. The molecule has 1 aliphatic heterocycles. The highest BCUT2D eigenvalue weighted by Gasteiger charge is 2.70. The maximum absolute atomic E-state index is 2.90. The molecular weight excluding hydrogens is 1070 g/mol. The zero-order chi connectivity index (χ0) is 62.3. The summed E-state index contributed by atoms with van der Waals surface area (Å²) in [5.41, 5.74) is 30.2. The van der Waals surface area contributed by atoms with Gasteiger partial charge in [-0.15, -0.1) is 0 Å². The number of fused-ring (bicyclic) bond motifs is 8. The van der Waals surface area contributed by atoms with Gasteiger partial charge in [0.2, 0.25) is 0 Å². The van der Waals surface area contributed by atoms with Crippen molar-refractivity contribution in [2.45, 2.75) is 360 Å². The van der Waals surface area contributed by atoms with Crippen LogP contribution in [0.1, 0.15) is 362 Å². The van der Waals surface area contributed by atoms with E-state index in [1.165, 1.54) is 51.4 Å². The van der Waals surface area contributed by atoms with E-state index in [2.05, 4.69) is 246 Å². The highest BCUT2D eigenvalue weighted by Crippen LogP contribution is 2.63. The first kappa shape index (κ1) is 60.6. The van der Waals surface area contributed by atoms with Crippen LogP contribution in [0.5, 0.6) is 0 Å². The number of rotatable bonds is 4. The van der Waals surface area contributed by atoms with E-state index >= 15 is 0 Å². The number of benzene rings is 4. The fourth-order valence-electron chi connectivity index (χ4n) is 25.4. The van der Waals surface area contributed by atoms with Crippen LogP contribution in [-0.2, 0) is 86.6 Å². The Kier molecular flexibility index (Phi) is 11.7. The summed E-state index contributed by atoms with van der Waals surface area (Å²) in [6.45, 7) is 86.9. The average molecular weight is 1190 g/mol. The molecule has 8 aliphatic carbocycles. The minimum absolute atomic E-state index is 0.0611. The molecule has 0 nitrogen and oxygen atoms in total. The SMILES string of the molecule is CC1(C)CC(C)(C)c2c1cc1c(c2[Si]2[Si](c3c4c(cc5c3C(C)(C)CC5(C)C)C(C)(C)CC4(C)C)[Si](c3c4c(cc5c3C(C)(C)CC5(C)C)C(C)(C)CC4(C)C)[Si]2c2c3c(cc4c2C(C)(C)CC4(C)C)C(C)(C)CC3(C)C)C(C)(C)CC1(C)C. The third kappa shape index (κ3) is 7.68. The molecule has 1 fully saturated rings. The standard InChI is InChI=1S/C80H116Si4/c1-65(2)37-73(17,18)53-45(65)33-46-54(74(19,20)38-66(46,3)4)61(53)81-82(62-55-47(67(5,6)39-75(55,21)22)34-48-56(62)76(23,24)40-68(48,7)8)84(64-59-51(71(13,14)43-79(59,29)30)36-52-60(64)80(31,32)44-72(52,15)16)83(81)63-57-49(69(9,10)41-77(57,25)26)35-50-58(63)78(27,28)42-70(50,11)12/h33-36H,37-44H2,1-32H3. The van der Waals surface area contributed by atoms with Gasteiger partial charge in [-0.1, -0.05) is 267 Å². The minimum atomic E-state index is -1.43. The van der Waals surface area contributed by atoms with Crippen molar-refractivity contribution in [1.82, 2.24) is 0 Å². The Morgan fingerprint density at radius 1 is 0.167 bits per heavy atom. The third-order valence-electron chi connectivity index (χ3n) is 25.6. The van der Waals surface area contributed by atoms with Crippen molar-refractivity contribution in [2.75, 3.05) is 0 Å². The van der Waals surface area contributed by atoms with Crippen molar-refractivity contribution in [3.05, 3.63) is 113 Å². The first-order chi connectivity index (χ1) is 37.5. The van der Waals surface area contributed by atoms with Crippen LogP contribution >= 0.6 is 0 Å². The predicted octanol–water partition coefficient (Wildman–Crippen LogP) is 17.6. The van der Waals surface area contributed by atoms with Gasteiger partial charge in [0.1, 0.15) is 0 Å². The van der Waals surface area contributed by atoms with Crippen LogP contribution in [0.15, 0.2) is 24.3 Å². The van der Waals surface area contributed by atoms with Gasteiger partial charge in [-0.05, 0) is 227 Å². The Morgan fingerprint density at radius 2 is 0.262 bits per heavy atom. The zero-order valence-electron chi connectivity index (χ0n) is 60.0. The van der Waals surface area contributed by atoms with E-state index in [-0.39, 0.29) is 86.6 Å². The maximum Gasteiger partial charge on any atom is 0.0720 e. The lowest BCUT2D eigenvalue weighted by Gasteiger charge is -2.56. The minimum Gasteiger partial charge on any atom is -0.0594 e. The molecule has 0 spiro atoms. The molecule has 0 N–H and O–H groups in total. The molecule has 1 heterocycles. The molecular formula is C80H116Si4. The Balaban J connectivity index is 1.35. The van der Waals surface area contributed by atoms with Crippen LogP contribution in [0.4, 0.5) is 0 Å². The van der Waals surface area contributed by atoms with E-state index in [9.17, 15) is 0 Å². The molecule has 0 saturated carbocycles. The molecule has 4 radical (unpaired) electrons. The highest BCUT2D eigenvalue weighted by atomic mass is 30.1. The van der Waals surface area contributed by atoms with Crippen LogP contribution in [0.25, 0.3) is 0 Å². The fraction of sp³-hybridized carbons (Fsp3) is 0.700. The summed E-state index contributed by atoms with van der Waals surface area (Å²) >= 11 is 0. The molecule has 13 rings (SSSR count). The Bertz CT molecular complexity index is 2960. The zero-order valence-corrected chi connectivity index (χ0v) is 64.0. The van der Waals surface area contributed by atoms with Crippen molar-refractivity contribution in [3.63, 3.8) is 0 Å². The van der Waals surface area contributed by atoms with Crippen molar-refractivity contribution < 1.29 is 0 Å². The first-order valence-electron chi connectivity index (χ1n) is 34.0. The third-order valence-corrected chi connectivity index (χ3v) is 70.6. The number of hydrogen-bond donors (Lipinski definition) is 0. The molecule has 4 heteroatoms. The molecule has 4 aromatic carbocycles. The molecule has 0 amide bonds. The summed E-state index contributed by atoms with van der Waals surface area (Å²) in [4.78, 5) is 0. The van der Waals surface area contributed by atoms with E-state index < -0.39 is 31.3 Å². The van der Waals surface area contributed by atoms with Gasteiger partial charge in [-0.25, -0.2) is 0 Å². The van der Waals surface area contributed by atoms with Crippen LogP contribution < -0.4 is 20.7 Å². The van der Waals surface area contributed by atoms with Crippen molar-refractivity contribution in [2.24, 2.45) is 0 Å². The molecule has 0 bridgehead atoms. The van der Waals surface area contributed by atoms with Gasteiger partial charge < -0.3 is 0 Å². The van der Waals surface area contributed by atoms with Gasteiger partial charge in [0, 0.05) is 0 Å². The van der Waals surface area contributed by atoms with Gasteiger partial charge in [0.15, 0.2) is 0 Å². The van der Waals surface area contributed by atoms with Gasteiger partial charge in [0.05, 0.1) is 31.3 Å². The number of hydrogen-bond acceptors (Lipinski definition) is 0.